The molecule has 0 saturated carbocycles. The fourth-order valence-corrected chi connectivity index (χ4v) is 2.13. The minimum Gasteiger partial charge on any atom is -0.363 e. The van der Waals surface area contributed by atoms with Crippen LogP contribution in [0, 0.1) is 5.92 Å². The maximum absolute atomic E-state index is 12.0. The summed E-state index contributed by atoms with van der Waals surface area (Å²) in [6, 6.07) is 3.68. The van der Waals surface area contributed by atoms with E-state index in [0.29, 0.717) is 5.92 Å². The highest BCUT2D eigenvalue weighted by molar-refractivity contribution is 5.95. The molecule has 0 spiro atoms. The molecule has 1 saturated heterocycles. The van der Waals surface area contributed by atoms with E-state index < -0.39 is 0 Å². The van der Waals surface area contributed by atoms with Crippen LogP contribution in [0.1, 0.15) is 13.3 Å². The standard InChI is InChI=1S/C13H20N4O/c1-9-6-7-14-12(9)13(18)16-10-4-5-11(15-8-10)17(2)3/h4-5,8-9,12,14H,6-7H2,1-3H3,(H,16,18). The average molecular weight is 248 g/mol. The lowest BCUT2D eigenvalue weighted by Crippen LogP contribution is -2.39. The molecule has 1 aromatic rings. The maximum atomic E-state index is 12.0. The third kappa shape index (κ3) is 2.79. The molecule has 1 amide bonds. The van der Waals surface area contributed by atoms with Crippen molar-refractivity contribution in [2.45, 2.75) is 19.4 Å². The predicted molar refractivity (Wildman–Crippen MR) is 72.8 cm³/mol. The van der Waals surface area contributed by atoms with Gasteiger partial charge in [0.15, 0.2) is 0 Å². The van der Waals surface area contributed by atoms with Crippen LogP contribution >= 0.6 is 0 Å². The van der Waals surface area contributed by atoms with Gasteiger partial charge in [-0.1, -0.05) is 6.92 Å². The monoisotopic (exact) mass is 248 g/mol. The zero-order valence-corrected chi connectivity index (χ0v) is 11.1. The minimum atomic E-state index is -0.0847. The lowest BCUT2D eigenvalue weighted by molar-refractivity contribution is -0.118. The summed E-state index contributed by atoms with van der Waals surface area (Å²) in [5.41, 5.74) is 0.742. The molecule has 1 aliphatic heterocycles. The molecule has 0 aromatic carbocycles. The molecule has 18 heavy (non-hydrogen) atoms. The fraction of sp³-hybridized carbons (Fsp3) is 0.538. The second-order valence-electron chi connectivity index (χ2n) is 4.99. The molecule has 2 atom stereocenters. The smallest absolute Gasteiger partial charge is 0.241 e. The molecule has 2 rings (SSSR count). The molecule has 5 nitrogen and oxygen atoms in total. The number of nitrogens with one attached hydrogen (secondary N) is 2. The first-order valence-corrected chi connectivity index (χ1v) is 6.25. The Morgan fingerprint density at radius 2 is 2.28 bits per heavy atom. The third-order valence-electron chi connectivity index (χ3n) is 3.29. The summed E-state index contributed by atoms with van der Waals surface area (Å²) in [7, 11) is 3.87. The molecule has 0 radical (unpaired) electrons. The van der Waals surface area contributed by atoms with Crippen LogP contribution in [0.25, 0.3) is 0 Å². The van der Waals surface area contributed by atoms with Gasteiger partial charge in [-0.15, -0.1) is 0 Å². The largest absolute Gasteiger partial charge is 0.363 e. The molecule has 98 valence electrons. The second kappa shape index (κ2) is 5.35. The summed E-state index contributed by atoms with van der Waals surface area (Å²) in [5, 5.41) is 6.11. The van der Waals surface area contributed by atoms with Crippen molar-refractivity contribution >= 4 is 17.4 Å². The van der Waals surface area contributed by atoms with Gasteiger partial charge in [0.2, 0.25) is 5.91 Å². The van der Waals surface area contributed by atoms with E-state index in [0.717, 1.165) is 24.5 Å². The van der Waals surface area contributed by atoms with Crippen molar-refractivity contribution in [2.75, 3.05) is 30.9 Å². The molecule has 5 heteroatoms. The second-order valence-corrected chi connectivity index (χ2v) is 4.99. The Morgan fingerprint density at radius 3 is 2.78 bits per heavy atom. The van der Waals surface area contributed by atoms with Gasteiger partial charge in [-0.05, 0) is 31.0 Å². The summed E-state index contributed by atoms with van der Waals surface area (Å²) in [6.07, 6.45) is 2.74. The van der Waals surface area contributed by atoms with Crippen LogP contribution in [0.2, 0.25) is 0 Å². The highest BCUT2D eigenvalue weighted by Crippen LogP contribution is 2.17. The Morgan fingerprint density at radius 1 is 1.50 bits per heavy atom. The zero-order valence-electron chi connectivity index (χ0n) is 11.1. The van der Waals surface area contributed by atoms with E-state index in [9.17, 15) is 4.79 Å². The van der Waals surface area contributed by atoms with Gasteiger partial charge in [-0.3, -0.25) is 4.79 Å². The third-order valence-corrected chi connectivity index (χ3v) is 3.29. The van der Waals surface area contributed by atoms with Gasteiger partial charge in [0.25, 0.3) is 0 Å². The van der Waals surface area contributed by atoms with Crippen molar-refractivity contribution in [3.63, 3.8) is 0 Å². The Balaban J connectivity index is 1.98. The summed E-state index contributed by atoms with van der Waals surface area (Å²) < 4.78 is 0. The molecular formula is C13H20N4O. The van der Waals surface area contributed by atoms with Crippen LogP contribution < -0.4 is 15.5 Å². The Kier molecular flexibility index (Phi) is 3.81. The molecule has 0 aliphatic carbocycles. The lowest BCUT2D eigenvalue weighted by Gasteiger charge is -2.16. The molecular weight excluding hydrogens is 228 g/mol. The molecule has 2 heterocycles. The van der Waals surface area contributed by atoms with E-state index in [1.54, 1.807) is 6.20 Å². The summed E-state index contributed by atoms with van der Waals surface area (Å²) in [6.45, 7) is 3.01. The van der Waals surface area contributed by atoms with E-state index >= 15 is 0 Å². The van der Waals surface area contributed by atoms with Crippen molar-refractivity contribution in [3.05, 3.63) is 18.3 Å². The summed E-state index contributed by atoms with van der Waals surface area (Å²) in [4.78, 5) is 18.2. The molecule has 1 fully saturated rings. The van der Waals surface area contributed by atoms with Crippen LogP contribution in [0.4, 0.5) is 11.5 Å². The molecule has 2 N–H and O–H groups in total. The van der Waals surface area contributed by atoms with Gasteiger partial charge in [0, 0.05) is 14.1 Å². The number of carbonyl (C=O) groups is 1. The van der Waals surface area contributed by atoms with Gasteiger partial charge < -0.3 is 15.5 Å². The number of hydrogen-bond acceptors (Lipinski definition) is 4. The number of rotatable bonds is 3. The van der Waals surface area contributed by atoms with Crippen LogP contribution in [0.15, 0.2) is 18.3 Å². The number of hydrogen-bond donors (Lipinski definition) is 2. The average Bonchev–Trinajstić information content (AvgIpc) is 2.76. The van der Waals surface area contributed by atoms with Crippen LogP contribution in [-0.2, 0) is 4.79 Å². The van der Waals surface area contributed by atoms with Crippen LogP contribution in [0.3, 0.4) is 0 Å². The Hall–Kier alpha value is -1.62. The number of anilines is 2. The normalized spacial score (nSPS) is 22.8. The van der Waals surface area contributed by atoms with Crippen molar-refractivity contribution in [1.29, 1.82) is 0 Å². The van der Waals surface area contributed by atoms with E-state index in [4.69, 9.17) is 0 Å². The zero-order chi connectivity index (χ0) is 13.1. The first-order chi connectivity index (χ1) is 8.58. The van der Waals surface area contributed by atoms with Crippen molar-refractivity contribution in [1.82, 2.24) is 10.3 Å². The van der Waals surface area contributed by atoms with Crippen molar-refractivity contribution < 1.29 is 4.79 Å². The summed E-state index contributed by atoms with van der Waals surface area (Å²) >= 11 is 0. The molecule has 1 aromatic heterocycles. The molecule has 0 bridgehead atoms. The first-order valence-electron chi connectivity index (χ1n) is 6.25. The molecule has 1 aliphatic rings. The van der Waals surface area contributed by atoms with Gasteiger partial charge >= 0.3 is 0 Å². The predicted octanol–water partition coefficient (Wildman–Crippen LogP) is 1.08. The van der Waals surface area contributed by atoms with E-state index in [1.807, 2.05) is 31.1 Å². The van der Waals surface area contributed by atoms with Crippen molar-refractivity contribution in [2.24, 2.45) is 5.92 Å². The van der Waals surface area contributed by atoms with E-state index in [2.05, 4.69) is 22.5 Å². The summed E-state index contributed by atoms with van der Waals surface area (Å²) in [5.74, 6) is 1.29. The van der Waals surface area contributed by atoms with Gasteiger partial charge in [0.05, 0.1) is 17.9 Å². The van der Waals surface area contributed by atoms with E-state index in [-0.39, 0.29) is 11.9 Å². The quantitative estimate of drug-likeness (QED) is 0.840. The van der Waals surface area contributed by atoms with Gasteiger partial charge in [-0.2, -0.15) is 0 Å². The topological polar surface area (TPSA) is 57.3 Å². The van der Waals surface area contributed by atoms with Crippen LogP contribution in [-0.4, -0.2) is 37.6 Å². The SMILES string of the molecule is CC1CCNC1C(=O)Nc1ccc(N(C)C)nc1. The highest BCUT2D eigenvalue weighted by Gasteiger charge is 2.29. The number of pyridine rings is 1. The van der Waals surface area contributed by atoms with Crippen molar-refractivity contribution in [3.8, 4) is 0 Å². The lowest BCUT2D eigenvalue weighted by atomic mass is 10.0. The fourth-order valence-electron chi connectivity index (χ4n) is 2.13. The maximum Gasteiger partial charge on any atom is 0.241 e. The highest BCUT2D eigenvalue weighted by atomic mass is 16.2. The van der Waals surface area contributed by atoms with Gasteiger partial charge in [0.1, 0.15) is 5.82 Å². The van der Waals surface area contributed by atoms with Gasteiger partial charge in [-0.25, -0.2) is 4.98 Å². The Bertz CT molecular complexity index is 416. The van der Waals surface area contributed by atoms with Crippen LogP contribution in [0.5, 0.6) is 0 Å². The number of amides is 1. The minimum absolute atomic E-state index is 0.0272. The first kappa shape index (κ1) is 12.8. The molecule has 2 unspecified atom stereocenters. The number of carbonyl (C=O) groups excluding carboxylic acids is 1. The Labute approximate surface area is 108 Å². The number of nitrogens with zero attached hydrogens (tertiary/aromatic N) is 2. The van der Waals surface area contributed by atoms with E-state index in [1.165, 1.54) is 0 Å². The number of aromatic nitrogens is 1.